The van der Waals surface area contributed by atoms with Gasteiger partial charge in [-0.15, -0.1) is 5.10 Å². The zero-order valence-corrected chi connectivity index (χ0v) is 17.1. The number of likely N-dealkylation sites (N-methyl/N-ethyl adjacent to an activating group) is 1. The number of aliphatic imine (C=N–C) groups is 1. The minimum absolute atomic E-state index is 0.0220. The summed E-state index contributed by atoms with van der Waals surface area (Å²) < 4.78 is 2.82. The van der Waals surface area contributed by atoms with Crippen LogP contribution in [0.3, 0.4) is 0 Å². The number of allylic oxidation sites excluding steroid dienone is 3. The third-order valence-electron chi connectivity index (χ3n) is 5.40. The number of carbonyl (C=O) groups is 1. The molecule has 8 heteroatoms. The van der Waals surface area contributed by atoms with E-state index in [1.54, 1.807) is 13.0 Å². The Morgan fingerprint density at radius 3 is 2.68 bits per heavy atom. The number of hydrogen-bond donors (Lipinski definition) is 1. The largest absolute Gasteiger partial charge is 0.396 e. The Hall–Kier alpha value is -2.64. The van der Waals surface area contributed by atoms with Gasteiger partial charge >= 0.3 is 0 Å². The SMILES string of the molecule is CC1=C/C(=N\c2c(N3CC[N+](C)(C)CC3)nn3ccccc23)C(N)=C(Cl)C1=O. The van der Waals surface area contributed by atoms with Crippen LogP contribution in [0.25, 0.3) is 5.52 Å². The quantitative estimate of drug-likeness (QED) is 0.620. The summed E-state index contributed by atoms with van der Waals surface area (Å²) in [6.07, 6.45) is 3.60. The van der Waals surface area contributed by atoms with Crippen LogP contribution in [0.5, 0.6) is 0 Å². The molecule has 0 saturated carbocycles. The van der Waals surface area contributed by atoms with Gasteiger partial charge in [-0.3, -0.25) is 4.79 Å². The van der Waals surface area contributed by atoms with Crippen LogP contribution in [0.2, 0.25) is 0 Å². The Bertz CT molecular complexity index is 1050. The van der Waals surface area contributed by atoms with Crippen molar-refractivity contribution in [1.29, 1.82) is 0 Å². The molecule has 2 aromatic heterocycles. The van der Waals surface area contributed by atoms with Crippen LogP contribution in [0.4, 0.5) is 11.5 Å². The number of rotatable bonds is 2. The molecule has 2 aromatic rings. The molecule has 7 nitrogen and oxygen atoms in total. The van der Waals surface area contributed by atoms with Crippen molar-refractivity contribution in [1.82, 2.24) is 9.61 Å². The summed E-state index contributed by atoms with van der Waals surface area (Å²) in [5.41, 5.74) is 8.96. The number of anilines is 1. The van der Waals surface area contributed by atoms with Crippen LogP contribution < -0.4 is 10.6 Å². The van der Waals surface area contributed by atoms with E-state index in [0.717, 1.165) is 47.7 Å². The highest BCUT2D eigenvalue weighted by Crippen LogP contribution is 2.35. The number of piperazine rings is 1. The monoisotopic (exact) mass is 399 g/mol. The minimum atomic E-state index is -0.255. The second kappa shape index (κ2) is 6.76. The average molecular weight is 400 g/mol. The van der Waals surface area contributed by atoms with Crippen molar-refractivity contribution < 1.29 is 9.28 Å². The molecule has 1 fully saturated rings. The van der Waals surface area contributed by atoms with E-state index in [9.17, 15) is 4.79 Å². The van der Waals surface area contributed by atoms with E-state index in [1.807, 2.05) is 28.9 Å². The lowest BCUT2D eigenvalue weighted by molar-refractivity contribution is -0.890. The van der Waals surface area contributed by atoms with Gasteiger partial charge in [0.2, 0.25) is 5.78 Å². The van der Waals surface area contributed by atoms with E-state index in [1.165, 1.54) is 0 Å². The van der Waals surface area contributed by atoms with Gasteiger partial charge in [-0.1, -0.05) is 17.7 Å². The number of aromatic nitrogens is 2. The Morgan fingerprint density at radius 1 is 1.25 bits per heavy atom. The number of quaternary nitrogens is 1. The highest BCUT2D eigenvalue weighted by atomic mass is 35.5. The maximum absolute atomic E-state index is 12.1. The normalized spacial score (nSPS) is 21.6. The Balaban J connectivity index is 1.84. The first kappa shape index (κ1) is 18.7. The lowest BCUT2D eigenvalue weighted by Crippen LogP contribution is -2.55. The molecule has 0 atom stereocenters. The molecule has 0 unspecified atom stereocenters. The highest BCUT2D eigenvalue weighted by Gasteiger charge is 2.29. The van der Waals surface area contributed by atoms with E-state index in [2.05, 4.69) is 19.0 Å². The summed E-state index contributed by atoms with van der Waals surface area (Å²) in [6, 6.07) is 5.87. The second-order valence-electron chi connectivity index (χ2n) is 7.95. The molecule has 0 radical (unpaired) electrons. The van der Waals surface area contributed by atoms with Crippen LogP contribution in [-0.2, 0) is 4.79 Å². The topological polar surface area (TPSA) is 76.0 Å². The summed E-state index contributed by atoms with van der Waals surface area (Å²) in [7, 11) is 4.48. The first-order valence-electron chi connectivity index (χ1n) is 9.28. The summed E-state index contributed by atoms with van der Waals surface area (Å²) in [5, 5.41) is 4.80. The maximum atomic E-state index is 12.1. The van der Waals surface area contributed by atoms with Gasteiger partial charge in [0.15, 0.2) is 5.82 Å². The number of nitrogens with zero attached hydrogens (tertiary/aromatic N) is 5. The Morgan fingerprint density at radius 2 is 1.96 bits per heavy atom. The number of Topliss-reactive ketones (excluding diaryl/α,β-unsaturated/α-hetero) is 1. The smallest absolute Gasteiger partial charge is 0.202 e. The average Bonchev–Trinajstić information content (AvgIpc) is 3.03. The number of fused-ring (bicyclic) bond motifs is 1. The molecule has 146 valence electrons. The number of nitrogens with two attached hydrogens (primary N) is 1. The number of carbonyl (C=O) groups excluding carboxylic acids is 1. The molecule has 3 heterocycles. The van der Waals surface area contributed by atoms with Crippen LogP contribution in [0.15, 0.2) is 51.8 Å². The standard InChI is InChI=1S/C20H23ClN6O/c1-13-12-14(17(22)16(21)19(13)28)23-18-15-6-4-5-7-26(15)24-20(18)25-8-10-27(2,3)11-9-25/h4-7,12H,8-11H2,1-3H3,(H-,22,28)/p+1/b23-14+. The van der Waals surface area contributed by atoms with Crippen LogP contribution in [-0.4, -0.2) is 65.9 Å². The number of hydrogen-bond acceptors (Lipinski definition) is 5. The number of ketones is 1. The van der Waals surface area contributed by atoms with Crippen molar-refractivity contribution >= 4 is 40.1 Å². The fourth-order valence-corrected chi connectivity index (χ4v) is 3.73. The highest BCUT2D eigenvalue weighted by molar-refractivity contribution is 6.49. The predicted octanol–water partition coefficient (Wildman–Crippen LogP) is 2.24. The van der Waals surface area contributed by atoms with Gasteiger partial charge in [-0.2, -0.15) is 0 Å². The van der Waals surface area contributed by atoms with Crippen molar-refractivity contribution in [3.05, 3.63) is 46.8 Å². The van der Waals surface area contributed by atoms with Crippen LogP contribution in [0.1, 0.15) is 6.92 Å². The zero-order valence-electron chi connectivity index (χ0n) is 16.3. The van der Waals surface area contributed by atoms with Gasteiger partial charge in [0, 0.05) is 11.8 Å². The molecule has 0 spiro atoms. The molecule has 0 amide bonds. The number of pyridine rings is 1. The zero-order chi connectivity index (χ0) is 20.1. The summed E-state index contributed by atoms with van der Waals surface area (Å²) in [5.74, 6) is 0.569. The molecular formula is C20H24ClN6O+. The van der Waals surface area contributed by atoms with E-state index >= 15 is 0 Å². The van der Waals surface area contributed by atoms with Crippen molar-refractivity contribution in [3.63, 3.8) is 0 Å². The van der Waals surface area contributed by atoms with Gasteiger partial charge in [0.25, 0.3) is 0 Å². The summed E-state index contributed by atoms with van der Waals surface area (Å²) in [6.45, 7) is 5.58. The van der Waals surface area contributed by atoms with Gasteiger partial charge in [-0.05, 0) is 25.1 Å². The van der Waals surface area contributed by atoms with Crippen LogP contribution in [0, 0.1) is 0 Å². The molecule has 4 rings (SSSR count). The third-order valence-corrected chi connectivity index (χ3v) is 5.78. The van der Waals surface area contributed by atoms with Crippen molar-refractivity contribution in [3.8, 4) is 0 Å². The molecule has 2 aliphatic rings. The summed E-state index contributed by atoms with van der Waals surface area (Å²) in [4.78, 5) is 19.1. The Labute approximate surface area is 169 Å². The van der Waals surface area contributed by atoms with Crippen LogP contribution >= 0.6 is 11.6 Å². The first-order chi connectivity index (χ1) is 13.3. The molecular weight excluding hydrogens is 376 g/mol. The summed E-state index contributed by atoms with van der Waals surface area (Å²) >= 11 is 6.14. The van der Waals surface area contributed by atoms with E-state index in [0.29, 0.717) is 11.3 Å². The van der Waals surface area contributed by atoms with Crippen molar-refractivity contribution in [2.75, 3.05) is 45.2 Å². The maximum Gasteiger partial charge on any atom is 0.202 e. The molecule has 1 aliphatic heterocycles. The molecule has 2 N–H and O–H groups in total. The molecule has 28 heavy (non-hydrogen) atoms. The molecule has 0 aromatic carbocycles. The number of halogens is 1. The second-order valence-corrected chi connectivity index (χ2v) is 8.33. The van der Waals surface area contributed by atoms with E-state index < -0.39 is 0 Å². The molecule has 1 aliphatic carbocycles. The third kappa shape index (κ3) is 3.21. The van der Waals surface area contributed by atoms with Gasteiger partial charge in [0.1, 0.15) is 10.7 Å². The fraction of sp³-hybridized carbons (Fsp3) is 0.350. The van der Waals surface area contributed by atoms with Crippen molar-refractivity contribution in [2.45, 2.75) is 6.92 Å². The lowest BCUT2D eigenvalue weighted by Gasteiger charge is -2.39. The lowest BCUT2D eigenvalue weighted by atomic mass is 10.0. The van der Waals surface area contributed by atoms with Gasteiger partial charge < -0.3 is 15.1 Å². The first-order valence-corrected chi connectivity index (χ1v) is 9.66. The van der Waals surface area contributed by atoms with Gasteiger partial charge in [-0.25, -0.2) is 9.51 Å². The van der Waals surface area contributed by atoms with E-state index in [4.69, 9.17) is 27.4 Å². The molecule has 1 saturated heterocycles. The van der Waals surface area contributed by atoms with Crippen molar-refractivity contribution in [2.24, 2.45) is 10.7 Å². The Kier molecular flexibility index (Phi) is 4.51. The fourth-order valence-electron chi connectivity index (χ4n) is 3.48. The predicted molar refractivity (Wildman–Crippen MR) is 112 cm³/mol. The van der Waals surface area contributed by atoms with Gasteiger partial charge in [0.05, 0.1) is 57.2 Å². The van der Waals surface area contributed by atoms with E-state index in [-0.39, 0.29) is 16.5 Å². The molecule has 0 bridgehead atoms. The minimum Gasteiger partial charge on any atom is -0.396 e.